The lowest BCUT2D eigenvalue weighted by molar-refractivity contribution is 0.0792. The van der Waals surface area contributed by atoms with Crippen molar-refractivity contribution in [1.82, 2.24) is 14.7 Å². The molecule has 32 heavy (non-hydrogen) atoms. The second kappa shape index (κ2) is 9.10. The van der Waals surface area contributed by atoms with Crippen LogP contribution in [-0.2, 0) is 6.54 Å². The minimum absolute atomic E-state index is 0.0422. The number of hydrogen-bond donors (Lipinski definition) is 1. The van der Waals surface area contributed by atoms with Crippen molar-refractivity contribution in [3.05, 3.63) is 108 Å². The highest BCUT2D eigenvalue weighted by Crippen LogP contribution is 2.26. The minimum atomic E-state index is 0.0422. The molecule has 5 rings (SSSR count). The fourth-order valence-corrected chi connectivity index (χ4v) is 4.24. The number of amides is 1. The number of carbonyl (C=O) groups is 1. The van der Waals surface area contributed by atoms with E-state index in [9.17, 15) is 4.79 Å². The van der Waals surface area contributed by atoms with Gasteiger partial charge in [-0.1, -0.05) is 78.9 Å². The average molecular weight is 423 g/mol. The molecule has 0 aliphatic carbocycles. The molecule has 1 amide bonds. The molecule has 1 fully saturated rings. The molecule has 0 radical (unpaired) electrons. The van der Waals surface area contributed by atoms with Gasteiger partial charge in [-0.15, -0.1) is 0 Å². The molecule has 1 unspecified atom stereocenters. The van der Waals surface area contributed by atoms with E-state index >= 15 is 0 Å². The third kappa shape index (κ3) is 4.42. The lowest BCUT2D eigenvalue weighted by Gasteiger charge is -2.17. The molecule has 0 saturated carbocycles. The van der Waals surface area contributed by atoms with Crippen molar-refractivity contribution in [3.8, 4) is 11.3 Å². The zero-order chi connectivity index (χ0) is 21.8. The van der Waals surface area contributed by atoms with Gasteiger partial charge in [-0.25, -0.2) is 0 Å². The van der Waals surface area contributed by atoms with E-state index in [0.29, 0.717) is 18.7 Å². The zero-order valence-corrected chi connectivity index (χ0v) is 17.9. The van der Waals surface area contributed by atoms with Crippen LogP contribution in [0, 0.1) is 0 Å². The van der Waals surface area contributed by atoms with Crippen LogP contribution in [0.2, 0.25) is 0 Å². The van der Waals surface area contributed by atoms with Gasteiger partial charge in [0, 0.05) is 36.6 Å². The molecule has 0 spiro atoms. The number of para-hydroxylation sites is 1. The molecule has 1 aliphatic rings. The number of likely N-dealkylation sites (tertiary alicyclic amines) is 1. The molecule has 2 heterocycles. The molecule has 160 valence electrons. The normalized spacial score (nSPS) is 15.6. The molecule has 0 bridgehead atoms. The summed E-state index contributed by atoms with van der Waals surface area (Å²) in [5, 5.41) is 8.36. The monoisotopic (exact) mass is 422 g/mol. The van der Waals surface area contributed by atoms with E-state index < -0.39 is 0 Å². The second-order valence-corrected chi connectivity index (χ2v) is 8.19. The summed E-state index contributed by atoms with van der Waals surface area (Å²) in [5.74, 6) is 0.0422. The third-order valence-electron chi connectivity index (χ3n) is 5.85. The molecule has 5 nitrogen and oxygen atoms in total. The number of nitrogens with zero attached hydrogens (tertiary/aromatic N) is 3. The number of aromatic nitrogens is 2. The molecule has 1 N–H and O–H groups in total. The first-order valence-electron chi connectivity index (χ1n) is 11.0. The number of hydrogen-bond acceptors (Lipinski definition) is 3. The van der Waals surface area contributed by atoms with Gasteiger partial charge in [0.05, 0.1) is 12.1 Å². The van der Waals surface area contributed by atoms with E-state index in [2.05, 4.69) is 29.6 Å². The Balaban J connectivity index is 1.38. The number of benzene rings is 3. The fourth-order valence-electron chi connectivity index (χ4n) is 4.24. The molecule has 3 aromatic carbocycles. The number of nitrogens with one attached hydrogen (secondary N) is 1. The summed E-state index contributed by atoms with van der Waals surface area (Å²) in [7, 11) is 0. The summed E-state index contributed by atoms with van der Waals surface area (Å²) in [6.45, 7) is 2.05. The summed E-state index contributed by atoms with van der Waals surface area (Å²) < 4.78 is 1.88. The quantitative estimate of drug-likeness (QED) is 0.480. The van der Waals surface area contributed by atoms with E-state index in [1.807, 2.05) is 82.5 Å². The Morgan fingerprint density at radius 1 is 0.906 bits per heavy atom. The molecule has 1 atom stereocenters. The Bertz CT molecular complexity index is 1170. The van der Waals surface area contributed by atoms with Crippen LogP contribution in [0.5, 0.6) is 0 Å². The van der Waals surface area contributed by atoms with Gasteiger partial charge in [0.1, 0.15) is 5.69 Å². The van der Waals surface area contributed by atoms with Gasteiger partial charge in [0.2, 0.25) is 0 Å². The number of anilines is 1. The van der Waals surface area contributed by atoms with Crippen LogP contribution in [0.25, 0.3) is 11.3 Å². The average Bonchev–Trinajstić information content (AvgIpc) is 3.48. The van der Waals surface area contributed by atoms with Gasteiger partial charge < -0.3 is 10.2 Å². The minimum Gasteiger partial charge on any atom is -0.380 e. The Morgan fingerprint density at radius 3 is 2.28 bits per heavy atom. The summed E-state index contributed by atoms with van der Waals surface area (Å²) in [4.78, 5) is 15.5. The highest BCUT2D eigenvalue weighted by atomic mass is 16.2. The maximum Gasteiger partial charge on any atom is 0.257 e. The smallest absolute Gasteiger partial charge is 0.257 e. The van der Waals surface area contributed by atoms with Gasteiger partial charge in [-0.05, 0) is 24.1 Å². The summed E-state index contributed by atoms with van der Waals surface area (Å²) in [6, 6.07) is 30.6. The van der Waals surface area contributed by atoms with E-state index in [1.54, 1.807) is 0 Å². The lowest BCUT2D eigenvalue weighted by Crippen LogP contribution is -2.31. The van der Waals surface area contributed by atoms with E-state index in [-0.39, 0.29) is 11.9 Å². The first-order chi connectivity index (χ1) is 15.8. The topological polar surface area (TPSA) is 50.2 Å². The number of carbonyl (C=O) groups excluding carboxylic acids is 1. The first-order valence-corrected chi connectivity index (χ1v) is 11.0. The summed E-state index contributed by atoms with van der Waals surface area (Å²) in [6.07, 6.45) is 2.83. The fraction of sp³-hybridized carbons (Fsp3) is 0.185. The van der Waals surface area contributed by atoms with Gasteiger partial charge in [-0.3, -0.25) is 9.48 Å². The van der Waals surface area contributed by atoms with Crippen LogP contribution in [-0.4, -0.2) is 39.7 Å². The van der Waals surface area contributed by atoms with E-state index in [4.69, 9.17) is 5.10 Å². The molecular formula is C27H26N4O. The highest BCUT2D eigenvalue weighted by Gasteiger charge is 2.29. The van der Waals surface area contributed by atoms with Crippen LogP contribution < -0.4 is 5.32 Å². The van der Waals surface area contributed by atoms with Crippen LogP contribution in [0.1, 0.15) is 22.3 Å². The number of rotatable bonds is 6. The largest absolute Gasteiger partial charge is 0.380 e. The van der Waals surface area contributed by atoms with Crippen LogP contribution in [0.3, 0.4) is 0 Å². The zero-order valence-electron chi connectivity index (χ0n) is 17.9. The Hall–Kier alpha value is -3.86. The molecule has 5 heteroatoms. The molecule has 1 saturated heterocycles. The van der Waals surface area contributed by atoms with Crippen molar-refractivity contribution in [2.45, 2.75) is 19.0 Å². The standard InChI is InChI=1S/C27H26N4O/c32-27(30-17-16-24(19-30)28-23-14-8-3-9-15-23)25-20-31(18-21-10-4-1-5-11-21)29-26(25)22-12-6-2-7-13-22/h1-15,20,24,28H,16-19H2. The van der Waals surface area contributed by atoms with Crippen molar-refractivity contribution in [2.24, 2.45) is 0 Å². The predicted octanol–water partition coefficient (Wildman–Crippen LogP) is 4.93. The van der Waals surface area contributed by atoms with Crippen molar-refractivity contribution in [2.75, 3.05) is 18.4 Å². The Labute approximate surface area is 188 Å². The van der Waals surface area contributed by atoms with Crippen molar-refractivity contribution in [1.29, 1.82) is 0 Å². The molecule has 1 aliphatic heterocycles. The van der Waals surface area contributed by atoms with Crippen LogP contribution in [0.15, 0.2) is 97.2 Å². The molecule has 4 aromatic rings. The van der Waals surface area contributed by atoms with E-state index in [0.717, 1.165) is 35.5 Å². The van der Waals surface area contributed by atoms with Crippen molar-refractivity contribution in [3.63, 3.8) is 0 Å². The molecule has 1 aromatic heterocycles. The summed E-state index contributed by atoms with van der Waals surface area (Å²) in [5.41, 5.74) is 4.61. The third-order valence-corrected chi connectivity index (χ3v) is 5.85. The van der Waals surface area contributed by atoms with Gasteiger partial charge in [0.25, 0.3) is 5.91 Å². The van der Waals surface area contributed by atoms with Gasteiger partial charge in [0.15, 0.2) is 0 Å². The highest BCUT2D eigenvalue weighted by molar-refractivity contribution is 6.00. The summed E-state index contributed by atoms with van der Waals surface area (Å²) >= 11 is 0. The van der Waals surface area contributed by atoms with Crippen molar-refractivity contribution >= 4 is 11.6 Å². The van der Waals surface area contributed by atoms with Gasteiger partial charge >= 0.3 is 0 Å². The van der Waals surface area contributed by atoms with Crippen LogP contribution in [0.4, 0.5) is 5.69 Å². The van der Waals surface area contributed by atoms with E-state index in [1.165, 1.54) is 0 Å². The molecular weight excluding hydrogens is 396 g/mol. The van der Waals surface area contributed by atoms with Gasteiger partial charge in [-0.2, -0.15) is 5.10 Å². The Morgan fingerprint density at radius 2 is 1.56 bits per heavy atom. The van der Waals surface area contributed by atoms with Crippen LogP contribution >= 0.6 is 0 Å². The Kier molecular flexibility index (Phi) is 5.71. The maximum absolute atomic E-state index is 13.5. The predicted molar refractivity (Wildman–Crippen MR) is 128 cm³/mol. The second-order valence-electron chi connectivity index (χ2n) is 8.19. The lowest BCUT2D eigenvalue weighted by atomic mass is 10.1. The van der Waals surface area contributed by atoms with Crippen molar-refractivity contribution < 1.29 is 4.79 Å². The maximum atomic E-state index is 13.5. The first kappa shape index (κ1) is 20.1. The SMILES string of the molecule is O=C(c1cn(Cc2ccccc2)nc1-c1ccccc1)N1CCC(Nc2ccccc2)C1.